The van der Waals surface area contributed by atoms with E-state index in [1.54, 1.807) is 18.5 Å². The van der Waals surface area contributed by atoms with Crippen LogP contribution in [0.25, 0.3) is 10.1 Å². The van der Waals surface area contributed by atoms with Crippen LogP contribution in [0.5, 0.6) is 11.5 Å². The van der Waals surface area contributed by atoms with E-state index < -0.39 is 0 Å². The standard InChI is InChI=1S/C14H10BrN3O2S/c15-8-1-3-9(4-2-8)20-11-6-17-7-13-10(11)5-12(21-13)14(19)18-16/h1-7H,16H2,(H,18,19). The molecule has 0 saturated heterocycles. The number of nitrogen functional groups attached to an aromatic ring is 1. The Hall–Kier alpha value is -1.96. The molecule has 0 aliphatic heterocycles. The van der Waals surface area contributed by atoms with Crippen molar-refractivity contribution in [1.29, 1.82) is 0 Å². The van der Waals surface area contributed by atoms with Gasteiger partial charge in [0, 0.05) is 16.1 Å². The molecule has 3 rings (SSSR count). The number of nitrogens with one attached hydrogen (secondary N) is 1. The van der Waals surface area contributed by atoms with Gasteiger partial charge < -0.3 is 4.74 Å². The number of rotatable bonds is 3. The van der Waals surface area contributed by atoms with Gasteiger partial charge in [0.15, 0.2) is 5.75 Å². The van der Waals surface area contributed by atoms with Crippen molar-refractivity contribution in [1.82, 2.24) is 10.4 Å². The predicted octanol–water partition coefficient (Wildman–Crippen LogP) is 3.45. The van der Waals surface area contributed by atoms with Gasteiger partial charge in [-0.15, -0.1) is 11.3 Å². The number of carbonyl (C=O) groups excluding carboxylic acids is 1. The van der Waals surface area contributed by atoms with E-state index in [1.807, 2.05) is 24.3 Å². The number of pyridine rings is 1. The minimum absolute atomic E-state index is 0.328. The quantitative estimate of drug-likeness (QED) is 0.424. The predicted molar refractivity (Wildman–Crippen MR) is 85.5 cm³/mol. The maximum absolute atomic E-state index is 11.6. The fourth-order valence-electron chi connectivity index (χ4n) is 1.83. The van der Waals surface area contributed by atoms with Crippen molar-refractivity contribution >= 4 is 43.3 Å². The number of hydrogen-bond donors (Lipinski definition) is 2. The third kappa shape index (κ3) is 2.90. The second-order valence-corrected chi connectivity index (χ2v) is 6.19. The molecule has 1 aromatic carbocycles. The summed E-state index contributed by atoms with van der Waals surface area (Å²) in [6, 6.07) is 9.23. The van der Waals surface area contributed by atoms with Crippen LogP contribution in [0.4, 0.5) is 0 Å². The van der Waals surface area contributed by atoms with Crippen molar-refractivity contribution < 1.29 is 9.53 Å². The number of amides is 1. The molecule has 3 aromatic rings. The molecule has 2 aromatic heterocycles. The lowest BCUT2D eigenvalue weighted by molar-refractivity contribution is 0.0958. The third-order valence-corrected chi connectivity index (χ3v) is 4.40. The molecule has 106 valence electrons. The fourth-order valence-corrected chi connectivity index (χ4v) is 3.04. The van der Waals surface area contributed by atoms with Crippen molar-refractivity contribution in [2.75, 3.05) is 0 Å². The van der Waals surface area contributed by atoms with Gasteiger partial charge in [-0.05, 0) is 30.3 Å². The minimum atomic E-state index is -0.328. The summed E-state index contributed by atoms with van der Waals surface area (Å²) in [6.45, 7) is 0. The summed E-state index contributed by atoms with van der Waals surface area (Å²) in [4.78, 5) is 16.3. The number of thiophene rings is 1. The number of carbonyl (C=O) groups is 1. The van der Waals surface area contributed by atoms with Crippen LogP contribution < -0.4 is 16.0 Å². The molecule has 21 heavy (non-hydrogen) atoms. The highest BCUT2D eigenvalue weighted by atomic mass is 79.9. The monoisotopic (exact) mass is 363 g/mol. The van der Waals surface area contributed by atoms with E-state index in [2.05, 4.69) is 26.3 Å². The van der Waals surface area contributed by atoms with E-state index in [-0.39, 0.29) is 5.91 Å². The number of hydrogen-bond acceptors (Lipinski definition) is 5. The molecule has 0 unspecified atom stereocenters. The van der Waals surface area contributed by atoms with Crippen LogP contribution in [0, 0.1) is 0 Å². The molecule has 3 N–H and O–H groups in total. The zero-order chi connectivity index (χ0) is 14.8. The van der Waals surface area contributed by atoms with Gasteiger partial charge in [0.1, 0.15) is 5.75 Å². The highest BCUT2D eigenvalue weighted by molar-refractivity contribution is 9.10. The van der Waals surface area contributed by atoms with Crippen molar-refractivity contribution in [3.8, 4) is 11.5 Å². The molecular formula is C14H10BrN3O2S. The average Bonchev–Trinajstić information content (AvgIpc) is 2.94. The summed E-state index contributed by atoms with van der Waals surface area (Å²) >= 11 is 4.69. The Morgan fingerprint density at radius 3 is 2.76 bits per heavy atom. The number of halogens is 1. The van der Waals surface area contributed by atoms with Gasteiger partial charge in [-0.2, -0.15) is 0 Å². The topological polar surface area (TPSA) is 77.2 Å². The van der Waals surface area contributed by atoms with E-state index >= 15 is 0 Å². The van der Waals surface area contributed by atoms with Crippen molar-refractivity contribution in [3.63, 3.8) is 0 Å². The van der Waals surface area contributed by atoms with Crippen LogP contribution in [0.2, 0.25) is 0 Å². The largest absolute Gasteiger partial charge is 0.455 e. The zero-order valence-electron chi connectivity index (χ0n) is 10.7. The Morgan fingerprint density at radius 1 is 1.29 bits per heavy atom. The van der Waals surface area contributed by atoms with Gasteiger partial charge in [0.2, 0.25) is 0 Å². The Bertz CT molecular complexity index is 802. The Morgan fingerprint density at radius 2 is 2.05 bits per heavy atom. The maximum atomic E-state index is 11.6. The summed E-state index contributed by atoms with van der Waals surface area (Å²) < 4.78 is 7.67. The summed E-state index contributed by atoms with van der Waals surface area (Å²) in [6.07, 6.45) is 3.32. The summed E-state index contributed by atoms with van der Waals surface area (Å²) in [7, 11) is 0. The van der Waals surface area contributed by atoms with E-state index in [9.17, 15) is 4.79 Å². The van der Waals surface area contributed by atoms with Crippen molar-refractivity contribution in [2.24, 2.45) is 5.84 Å². The highest BCUT2D eigenvalue weighted by Crippen LogP contribution is 2.34. The van der Waals surface area contributed by atoms with Crippen LogP contribution in [0.15, 0.2) is 47.2 Å². The van der Waals surface area contributed by atoms with Gasteiger partial charge in [-0.1, -0.05) is 15.9 Å². The molecule has 1 amide bonds. The molecule has 0 spiro atoms. The van der Waals surface area contributed by atoms with Crippen LogP contribution >= 0.6 is 27.3 Å². The van der Waals surface area contributed by atoms with Gasteiger partial charge in [0.05, 0.1) is 15.8 Å². The number of fused-ring (bicyclic) bond motifs is 1. The SMILES string of the molecule is NNC(=O)c1cc2c(Oc3ccc(Br)cc3)cncc2s1. The molecule has 7 heteroatoms. The van der Waals surface area contributed by atoms with E-state index in [0.29, 0.717) is 16.4 Å². The minimum Gasteiger partial charge on any atom is -0.455 e. The van der Waals surface area contributed by atoms with Crippen molar-refractivity contribution in [2.45, 2.75) is 0 Å². The van der Waals surface area contributed by atoms with Crippen molar-refractivity contribution in [3.05, 3.63) is 52.1 Å². The number of ether oxygens (including phenoxy) is 1. The first-order chi connectivity index (χ1) is 10.2. The molecule has 2 heterocycles. The lowest BCUT2D eigenvalue weighted by atomic mass is 10.3. The lowest BCUT2D eigenvalue weighted by Crippen LogP contribution is -2.29. The normalized spacial score (nSPS) is 10.6. The van der Waals surface area contributed by atoms with E-state index in [4.69, 9.17) is 10.6 Å². The van der Waals surface area contributed by atoms with Gasteiger partial charge in [-0.3, -0.25) is 15.2 Å². The first kappa shape index (κ1) is 14.0. The smallest absolute Gasteiger partial charge is 0.275 e. The number of nitrogens with zero attached hydrogens (tertiary/aromatic N) is 1. The lowest BCUT2D eigenvalue weighted by Gasteiger charge is -2.06. The van der Waals surface area contributed by atoms with Gasteiger partial charge >= 0.3 is 0 Å². The van der Waals surface area contributed by atoms with Crippen LogP contribution in [0.1, 0.15) is 9.67 Å². The van der Waals surface area contributed by atoms with Crippen LogP contribution in [0.3, 0.4) is 0 Å². The molecule has 0 aliphatic rings. The molecule has 0 radical (unpaired) electrons. The number of hydrazine groups is 1. The average molecular weight is 364 g/mol. The summed E-state index contributed by atoms with van der Waals surface area (Å²) in [5, 5.41) is 0.830. The van der Waals surface area contributed by atoms with Gasteiger partial charge in [0.25, 0.3) is 5.91 Å². The van der Waals surface area contributed by atoms with E-state index in [0.717, 1.165) is 14.6 Å². The van der Waals surface area contributed by atoms with Crippen LogP contribution in [-0.2, 0) is 0 Å². The second kappa shape index (κ2) is 5.80. The highest BCUT2D eigenvalue weighted by Gasteiger charge is 2.13. The van der Waals surface area contributed by atoms with Crippen LogP contribution in [-0.4, -0.2) is 10.9 Å². The van der Waals surface area contributed by atoms with E-state index in [1.165, 1.54) is 11.3 Å². The zero-order valence-corrected chi connectivity index (χ0v) is 13.1. The Balaban J connectivity index is 2.00. The first-order valence-electron chi connectivity index (χ1n) is 5.99. The molecule has 0 aliphatic carbocycles. The summed E-state index contributed by atoms with van der Waals surface area (Å²) in [5.74, 6) is 6.13. The number of nitrogens with two attached hydrogens (primary N) is 1. The maximum Gasteiger partial charge on any atom is 0.275 e. The molecular weight excluding hydrogens is 354 g/mol. The molecule has 5 nitrogen and oxygen atoms in total. The Labute approximate surface area is 132 Å². The fraction of sp³-hybridized carbons (Fsp3) is 0. The number of benzene rings is 1. The number of aromatic nitrogens is 1. The van der Waals surface area contributed by atoms with Gasteiger partial charge in [-0.25, -0.2) is 5.84 Å². The molecule has 0 bridgehead atoms. The first-order valence-corrected chi connectivity index (χ1v) is 7.60. The molecule has 0 atom stereocenters. The summed E-state index contributed by atoms with van der Waals surface area (Å²) in [5.41, 5.74) is 2.12. The Kier molecular flexibility index (Phi) is 3.87. The second-order valence-electron chi connectivity index (χ2n) is 4.19. The molecule has 0 saturated carbocycles. The third-order valence-electron chi connectivity index (χ3n) is 2.81. The molecule has 0 fully saturated rings.